The molecule has 0 aliphatic rings. The quantitative estimate of drug-likeness (QED) is 0.307. The number of nitrogens with one attached hydrogen (secondary N) is 3. The number of hydrogen-bond donors (Lipinski definition) is 3. The summed E-state index contributed by atoms with van der Waals surface area (Å²) in [4.78, 5) is 4.31. The first kappa shape index (κ1) is 22.6. The van der Waals surface area contributed by atoms with Gasteiger partial charge in [0.1, 0.15) is 5.75 Å². The van der Waals surface area contributed by atoms with Crippen LogP contribution in [0.2, 0.25) is 0 Å². The Balaban J connectivity index is 1.71. The highest BCUT2D eigenvalue weighted by molar-refractivity contribution is 5.79. The van der Waals surface area contributed by atoms with Crippen LogP contribution in [-0.4, -0.2) is 46.9 Å². The van der Waals surface area contributed by atoms with E-state index in [4.69, 9.17) is 9.47 Å². The van der Waals surface area contributed by atoms with E-state index < -0.39 is 0 Å². The molecule has 0 amide bonds. The number of ether oxygens (including phenoxy) is 2. The molecule has 0 heterocycles. The molecule has 0 aromatic heterocycles. The molecule has 1 atom stereocenters. The highest BCUT2D eigenvalue weighted by Crippen LogP contribution is 2.21. The van der Waals surface area contributed by atoms with Crippen molar-refractivity contribution < 1.29 is 9.47 Å². The van der Waals surface area contributed by atoms with Crippen LogP contribution < -0.4 is 20.7 Å². The minimum absolute atomic E-state index is 0.463. The lowest BCUT2D eigenvalue weighted by Crippen LogP contribution is -2.37. The number of nitrogens with zero attached hydrogens (tertiary/aromatic N) is 1. The third kappa shape index (κ3) is 8.03. The Labute approximate surface area is 174 Å². The molecule has 29 heavy (non-hydrogen) atoms. The van der Waals surface area contributed by atoms with Gasteiger partial charge in [-0.05, 0) is 47.7 Å². The second-order valence-electron chi connectivity index (χ2n) is 6.93. The summed E-state index contributed by atoms with van der Waals surface area (Å²) < 4.78 is 10.3. The van der Waals surface area contributed by atoms with Crippen molar-refractivity contribution in [3.05, 3.63) is 59.7 Å². The van der Waals surface area contributed by atoms with Gasteiger partial charge >= 0.3 is 0 Å². The van der Waals surface area contributed by atoms with Crippen LogP contribution in [0.3, 0.4) is 0 Å². The summed E-state index contributed by atoms with van der Waals surface area (Å²) >= 11 is 0. The predicted molar refractivity (Wildman–Crippen MR) is 121 cm³/mol. The summed E-state index contributed by atoms with van der Waals surface area (Å²) in [5.41, 5.74) is 3.62. The Morgan fingerprint density at radius 1 is 0.966 bits per heavy atom. The fourth-order valence-electron chi connectivity index (χ4n) is 2.95. The molecule has 6 nitrogen and oxygen atoms in total. The molecule has 1 unspecified atom stereocenters. The van der Waals surface area contributed by atoms with Gasteiger partial charge in [0.25, 0.3) is 0 Å². The van der Waals surface area contributed by atoms with Crippen molar-refractivity contribution in [2.45, 2.75) is 25.8 Å². The average molecular weight is 399 g/mol. The van der Waals surface area contributed by atoms with E-state index >= 15 is 0 Å². The number of methoxy groups -OCH3 is 2. The molecule has 3 N–H and O–H groups in total. The van der Waals surface area contributed by atoms with E-state index in [1.54, 1.807) is 21.3 Å². The van der Waals surface area contributed by atoms with E-state index in [1.807, 2.05) is 12.1 Å². The van der Waals surface area contributed by atoms with Crippen molar-refractivity contribution in [1.29, 1.82) is 0 Å². The van der Waals surface area contributed by atoms with Crippen LogP contribution in [0, 0.1) is 0 Å². The van der Waals surface area contributed by atoms with Crippen LogP contribution in [0.15, 0.2) is 53.5 Å². The third-order valence-corrected chi connectivity index (χ3v) is 4.83. The normalized spacial score (nSPS) is 12.3. The van der Waals surface area contributed by atoms with Gasteiger partial charge in [-0.3, -0.25) is 4.99 Å². The molecule has 2 aromatic rings. The molecular weight excluding hydrogens is 364 g/mol. The molecule has 2 aromatic carbocycles. The molecule has 0 spiro atoms. The zero-order chi connectivity index (χ0) is 20.9. The fraction of sp³-hybridized carbons (Fsp3) is 0.435. The Bertz CT molecular complexity index is 730. The largest absolute Gasteiger partial charge is 0.497 e. The smallest absolute Gasteiger partial charge is 0.191 e. The minimum atomic E-state index is 0.463. The molecule has 158 valence electrons. The van der Waals surface area contributed by atoms with E-state index in [0.717, 1.165) is 43.5 Å². The van der Waals surface area contributed by atoms with Crippen LogP contribution in [0.1, 0.15) is 30.4 Å². The lowest BCUT2D eigenvalue weighted by atomic mass is 9.98. The number of hydrogen-bond acceptors (Lipinski definition) is 4. The molecule has 0 fully saturated rings. The molecule has 0 saturated heterocycles. The topological polar surface area (TPSA) is 66.9 Å². The van der Waals surface area contributed by atoms with E-state index in [1.165, 1.54) is 11.1 Å². The maximum absolute atomic E-state index is 5.22. The van der Waals surface area contributed by atoms with Gasteiger partial charge in [-0.15, -0.1) is 0 Å². The van der Waals surface area contributed by atoms with Crippen LogP contribution in [-0.2, 0) is 11.3 Å². The Kier molecular flexibility index (Phi) is 9.86. The SMILES string of the molecule is CN=C(NCCC(C)c1ccc(OC)cc1)NCc1ccc(NCCOC)cc1. The molecule has 0 bridgehead atoms. The molecule has 2 rings (SSSR count). The number of guanidine groups is 1. The first-order chi connectivity index (χ1) is 14.2. The van der Waals surface area contributed by atoms with Crippen LogP contribution in [0.4, 0.5) is 5.69 Å². The number of anilines is 1. The fourth-order valence-corrected chi connectivity index (χ4v) is 2.95. The van der Waals surface area contributed by atoms with Gasteiger partial charge in [0.2, 0.25) is 0 Å². The van der Waals surface area contributed by atoms with E-state index in [0.29, 0.717) is 12.5 Å². The van der Waals surface area contributed by atoms with Crippen molar-refractivity contribution >= 4 is 11.6 Å². The monoisotopic (exact) mass is 398 g/mol. The lowest BCUT2D eigenvalue weighted by molar-refractivity contribution is 0.211. The molecular formula is C23H34N4O2. The minimum Gasteiger partial charge on any atom is -0.497 e. The molecule has 0 aliphatic heterocycles. The van der Waals surface area contributed by atoms with Gasteiger partial charge in [-0.25, -0.2) is 0 Å². The van der Waals surface area contributed by atoms with Crippen molar-refractivity contribution in [2.75, 3.05) is 46.3 Å². The van der Waals surface area contributed by atoms with E-state index in [2.05, 4.69) is 64.3 Å². The first-order valence-corrected chi connectivity index (χ1v) is 10.1. The van der Waals surface area contributed by atoms with Crippen molar-refractivity contribution in [3.8, 4) is 5.75 Å². The highest BCUT2D eigenvalue weighted by Gasteiger charge is 2.06. The standard InChI is InChI=1S/C23H34N4O2/c1-18(20-7-11-22(29-4)12-8-20)13-14-26-23(24-2)27-17-19-5-9-21(10-6-19)25-15-16-28-3/h5-12,18,25H,13-17H2,1-4H3,(H2,24,26,27). The van der Waals surface area contributed by atoms with Gasteiger partial charge in [0.05, 0.1) is 13.7 Å². The average Bonchev–Trinajstić information content (AvgIpc) is 2.77. The zero-order valence-electron chi connectivity index (χ0n) is 18.0. The summed E-state index contributed by atoms with van der Waals surface area (Å²) in [6, 6.07) is 16.7. The molecule has 0 saturated carbocycles. The van der Waals surface area contributed by atoms with Crippen LogP contribution in [0.25, 0.3) is 0 Å². The lowest BCUT2D eigenvalue weighted by Gasteiger charge is -2.16. The number of aliphatic imine (C=N–C) groups is 1. The van der Waals surface area contributed by atoms with Crippen molar-refractivity contribution in [1.82, 2.24) is 10.6 Å². The van der Waals surface area contributed by atoms with Crippen LogP contribution >= 0.6 is 0 Å². The van der Waals surface area contributed by atoms with Gasteiger partial charge < -0.3 is 25.4 Å². The molecule has 6 heteroatoms. The molecule has 0 aliphatic carbocycles. The van der Waals surface area contributed by atoms with E-state index in [-0.39, 0.29) is 0 Å². The second-order valence-corrected chi connectivity index (χ2v) is 6.93. The van der Waals surface area contributed by atoms with Crippen molar-refractivity contribution in [2.24, 2.45) is 4.99 Å². The summed E-state index contributed by atoms with van der Waals surface area (Å²) in [6.45, 7) is 5.32. The summed E-state index contributed by atoms with van der Waals surface area (Å²) in [7, 11) is 5.19. The Hall–Kier alpha value is -2.73. The molecule has 0 radical (unpaired) electrons. The maximum Gasteiger partial charge on any atom is 0.191 e. The van der Waals surface area contributed by atoms with Gasteiger partial charge in [-0.1, -0.05) is 31.2 Å². The van der Waals surface area contributed by atoms with E-state index in [9.17, 15) is 0 Å². The second kappa shape index (κ2) is 12.7. The Morgan fingerprint density at radius 2 is 1.69 bits per heavy atom. The first-order valence-electron chi connectivity index (χ1n) is 10.1. The highest BCUT2D eigenvalue weighted by atomic mass is 16.5. The Morgan fingerprint density at radius 3 is 2.31 bits per heavy atom. The van der Waals surface area contributed by atoms with Gasteiger partial charge in [-0.2, -0.15) is 0 Å². The van der Waals surface area contributed by atoms with Gasteiger partial charge in [0.15, 0.2) is 5.96 Å². The van der Waals surface area contributed by atoms with Crippen LogP contribution in [0.5, 0.6) is 5.75 Å². The maximum atomic E-state index is 5.22. The third-order valence-electron chi connectivity index (χ3n) is 4.83. The number of benzene rings is 2. The summed E-state index contributed by atoms with van der Waals surface area (Å²) in [5.74, 6) is 2.17. The van der Waals surface area contributed by atoms with Crippen molar-refractivity contribution in [3.63, 3.8) is 0 Å². The predicted octanol–water partition coefficient (Wildman–Crippen LogP) is 3.61. The zero-order valence-corrected chi connectivity index (χ0v) is 18.0. The summed E-state index contributed by atoms with van der Waals surface area (Å²) in [6.07, 6.45) is 1.02. The summed E-state index contributed by atoms with van der Waals surface area (Å²) in [5, 5.41) is 10.1. The van der Waals surface area contributed by atoms with Gasteiger partial charge in [0, 0.05) is 39.5 Å². The number of rotatable bonds is 11.